The molecule has 0 unspecified atom stereocenters. The second kappa shape index (κ2) is 16.7. The zero-order chi connectivity index (χ0) is 42.0. The van der Waals surface area contributed by atoms with Crippen molar-refractivity contribution in [2.75, 3.05) is 4.90 Å². The summed E-state index contributed by atoms with van der Waals surface area (Å²) in [5, 5.41) is 5.05. The maximum Gasteiger partial charge on any atom is 0.0540 e. The molecular formula is C62H43N. The predicted molar refractivity (Wildman–Crippen MR) is 269 cm³/mol. The average Bonchev–Trinajstić information content (AvgIpc) is 3.37. The molecule has 1 nitrogen and oxygen atoms in total. The van der Waals surface area contributed by atoms with Gasteiger partial charge in [-0.15, -0.1) is 0 Å². The van der Waals surface area contributed by atoms with Crippen LogP contribution in [-0.2, 0) is 0 Å². The van der Waals surface area contributed by atoms with Crippen LogP contribution in [0.5, 0.6) is 0 Å². The Labute approximate surface area is 369 Å². The molecular weight excluding hydrogens is 759 g/mol. The molecule has 0 atom stereocenters. The molecule has 0 N–H and O–H groups in total. The summed E-state index contributed by atoms with van der Waals surface area (Å²) in [5.41, 5.74) is 17.5. The molecule has 0 aliphatic heterocycles. The van der Waals surface area contributed by atoms with Crippen molar-refractivity contribution in [2.45, 2.75) is 0 Å². The molecule has 0 aliphatic rings. The van der Waals surface area contributed by atoms with E-state index in [1.54, 1.807) is 0 Å². The van der Waals surface area contributed by atoms with Crippen LogP contribution in [-0.4, -0.2) is 0 Å². The lowest BCUT2D eigenvalue weighted by Gasteiger charge is -2.30. The van der Waals surface area contributed by atoms with Gasteiger partial charge in [-0.05, 0) is 101 Å². The van der Waals surface area contributed by atoms with E-state index >= 15 is 0 Å². The van der Waals surface area contributed by atoms with E-state index in [0.717, 1.165) is 33.8 Å². The Bertz CT molecular complexity index is 3370. The second-order valence-electron chi connectivity index (χ2n) is 16.0. The largest absolute Gasteiger partial charge is 0.309 e. The van der Waals surface area contributed by atoms with Crippen LogP contribution >= 0.6 is 0 Å². The summed E-state index contributed by atoms with van der Waals surface area (Å²) in [4.78, 5) is 2.45. The third-order valence-corrected chi connectivity index (χ3v) is 12.3. The van der Waals surface area contributed by atoms with Crippen molar-refractivity contribution < 1.29 is 0 Å². The summed E-state index contributed by atoms with van der Waals surface area (Å²) in [6.07, 6.45) is 0. The molecule has 0 aliphatic carbocycles. The van der Waals surface area contributed by atoms with E-state index in [-0.39, 0.29) is 0 Å². The predicted octanol–water partition coefficient (Wildman–Crippen LogP) is 17.5. The van der Waals surface area contributed by atoms with Crippen molar-refractivity contribution >= 4 is 38.6 Å². The van der Waals surface area contributed by atoms with Gasteiger partial charge in [0.15, 0.2) is 0 Å². The Kier molecular flexibility index (Phi) is 9.97. The first kappa shape index (κ1) is 37.7. The normalized spacial score (nSPS) is 11.2. The van der Waals surface area contributed by atoms with E-state index < -0.39 is 0 Å². The fourth-order valence-electron chi connectivity index (χ4n) is 9.31. The molecule has 0 amide bonds. The third kappa shape index (κ3) is 7.16. The maximum absolute atomic E-state index is 2.45. The molecule has 0 aromatic heterocycles. The molecule has 0 saturated carbocycles. The number of rotatable bonds is 9. The number of nitrogens with zero attached hydrogens (tertiary/aromatic N) is 1. The number of hydrogen-bond acceptors (Lipinski definition) is 1. The highest BCUT2D eigenvalue weighted by Gasteiger charge is 2.22. The van der Waals surface area contributed by atoms with E-state index in [2.05, 4.69) is 266 Å². The first-order valence-electron chi connectivity index (χ1n) is 21.7. The molecule has 0 heterocycles. The van der Waals surface area contributed by atoms with Gasteiger partial charge in [0.05, 0.1) is 11.4 Å². The molecule has 0 fully saturated rings. The van der Waals surface area contributed by atoms with Gasteiger partial charge in [0, 0.05) is 16.8 Å². The third-order valence-electron chi connectivity index (χ3n) is 12.3. The molecule has 296 valence electrons. The van der Waals surface area contributed by atoms with Gasteiger partial charge in [0.1, 0.15) is 0 Å². The summed E-state index contributed by atoms with van der Waals surface area (Å²) in [7, 11) is 0. The van der Waals surface area contributed by atoms with Gasteiger partial charge >= 0.3 is 0 Å². The number of anilines is 3. The Morgan fingerprint density at radius 2 is 0.603 bits per heavy atom. The average molecular weight is 802 g/mol. The highest BCUT2D eigenvalue weighted by Crippen LogP contribution is 2.48. The lowest BCUT2D eigenvalue weighted by Crippen LogP contribution is -2.12. The Morgan fingerprint density at radius 1 is 0.190 bits per heavy atom. The molecule has 0 radical (unpaired) electrons. The Morgan fingerprint density at radius 3 is 1.30 bits per heavy atom. The SMILES string of the molecule is c1ccc(-c2ccc(-c3ccccc3N(c3ccc(-c4cccc5c4ccc4ccccc45)cc3)c3ccccc3-c3ccccc3-c3ccccc3-c3ccccc3)cc2)cc1. The number of para-hydroxylation sites is 2. The molecule has 0 saturated heterocycles. The highest BCUT2D eigenvalue weighted by molar-refractivity contribution is 6.12. The van der Waals surface area contributed by atoms with Crippen LogP contribution in [0, 0.1) is 0 Å². The number of hydrogen-bond donors (Lipinski definition) is 0. The summed E-state index contributed by atoms with van der Waals surface area (Å²) < 4.78 is 0. The zero-order valence-electron chi connectivity index (χ0n) is 34.8. The van der Waals surface area contributed by atoms with Gasteiger partial charge in [-0.1, -0.05) is 237 Å². The minimum Gasteiger partial charge on any atom is -0.309 e. The van der Waals surface area contributed by atoms with E-state index in [1.807, 2.05) is 0 Å². The quantitative estimate of drug-likeness (QED) is 0.131. The second-order valence-corrected chi connectivity index (χ2v) is 16.0. The van der Waals surface area contributed by atoms with Gasteiger partial charge < -0.3 is 4.90 Å². The summed E-state index contributed by atoms with van der Waals surface area (Å²) >= 11 is 0. The van der Waals surface area contributed by atoms with Crippen LogP contribution in [0.1, 0.15) is 0 Å². The van der Waals surface area contributed by atoms with Crippen molar-refractivity contribution in [3.8, 4) is 66.8 Å². The standard InChI is InChI=1S/C62H43N/c1-3-18-44(19-4-1)45-34-36-49(37-35-45)54-25-13-15-32-61(54)63(50-41-38-48(39-42-50)53-30-17-31-56-52-23-8-7-22-47(52)40-43-59(53)56)62-33-16-14-29-60(62)58-28-12-11-27-57(58)55-26-10-9-24-51(55)46-20-5-2-6-21-46/h1-43H. The van der Waals surface area contributed by atoms with Gasteiger partial charge in [0.2, 0.25) is 0 Å². The Balaban J connectivity index is 1.09. The van der Waals surface area contributed by atoms with Crippen molar-refractivity contribution in [2.24, 2.45) is 0 Å². The fraction of sp³-hybridized carbons (Fsp3) is 0. The monoisotopic (exact) mass is 801 g/mol. The molecule has 0 spiro atoms. The van der Waals surface area contributed by atoms with Gasteiger partial charge in [-0.2, -0.15) is 0 Å². The first-order valence-corrected chi connectivity index (χ1v) is 21.7. The summed E-state index contributed by atoms with van der Waals surface area (Å²) in [6.45, 7) is 0. The van der Waals surface area contributed by atoms with Crippen LogP contribution in [0.15, 0.2) is 261 Å². The minimum absolute atomic E-state index is 1.08. The van der Waals surface area contributed by atoms with Crippen LogP contribution in [0.2, 0.25) is 0 Å². The van der Waals surface area contributed by atoms with Gasteiger partial charge in [-0.3, -0.25) is 0 Å². The van der Waals surface area contributed by atoms with E-state index in [9.17, 15) is 0 Å². The van der Waals surface area contributed by atoms with Crippen molar-refractivity contribution in [3.63, 3.8) is 0 Å². The number of fused-ring (bicyclic) bond motifs is 3. The van der Waals surface area contributed by atoms with Gasteiger partial charge in [0.25, 0.3) is 0 Å². The summed E-state index contributed by atoms with van der Waals surface area (Å²) in [5.74, 6) is 0. The lowest BCUT2D eigenvalue weighted by atomic mass is 9.88. The maximum atomic E-state index is 2.45. The molecule has 11 rings (SSSR count). The van der Waals surface area contributed by atoms with Crippen LogP contribution < -0.4 is 4.90 Å². The van der Waals surface area contributed by atoms with Crippen LogP contribution in [0.4, 0.5) is 17.1 Å². The smallest absolute Gasteiger partial charge is 0.0540 e. The Hall–Kier alpha value is -8.26. The molecule has 11 aromatic carbocycles. The van der Waals surface area contributed by atoms with Gasteiger partial charge in [-0.25, -0.2) is 0 Å². The lowest BCUT2D eigenvalue weighted by molar-refractivity contribution is 1.28. The van der Waals surface area contributed by atoms with E-state index in [4.69, 9.17) is 0 Å². The summed E-state index contributed by atoms with van der Waals surface area (Å²) in [6, 6.07) is 94.7. The minimum atomic E-state index is 1.08. The zero-order valence-corrected chi connectivity index (χ0v) is 34.8. The van der Waals surface area contributed by atoms with E-state index in [1.165, 1.54) is 71.6 Å². The molecule has 63 heavy (non-hydrogen) atoms. The molecule has 11 aromatic rings. The molecule has 1 heteroatoms. The van der Waals surface area contributed by atoms with E-state index in [0.29, 0.717) is 0 Å². The van der Waals surface area contributed by atoms with Crippen molar-refractivity contribution in [1.82, 2.24) is 0 Å². The van der Waals surface area contributed by atoms with Crippen molar-refractivity contribution in [1.29, 1.82) is 0 Å². The fourth-order valence-corrected chi connectivity index (χ4v) is 9.31. The van der Waals surface area contributed by atoms with Crippen LogP contribution in [0.25, 0.3) is 88.3 Å². The van der Waals surface area contributed by atoms with Crippen molar-refractivity contribution in [3.05, 3.63) is 261 Å². The topological polar surface area (TPSA) is 3.24 Å². The molecule has 0 bridgehead atoms. The first-order chi connectivity index (χ1) is 31.3. The van der Waals surface area contributed by atoms with Crippen LogP contribution in [0.3, 0.4) is 0 Å². The number of benzene rings is 11. The highest BCUT2D eigenvalue weighted by atomic mass is 15.1.